The summed E-state index contributed by atoms with van der Waals surface area (Å²) in [6.07, 6.45) is 10.2. The van der Waals surface area contributed by atoms with Crippen molar-refractivity contribution in [2.75, 3.05) is 13.1 Å². The van der Waals surface area contributed by atoms with Crippen LogP contribution in [0.2, 0.25) is 0 Å². The van der Waals surface area contributed by atoms with E-state index in [0.29, 0.717) is 6.17 Å². The second kappa shape index (κ2) is 7.76. The molecule has 112 valence electrons. The zero-order chi connectivity index (χ0) is 14.3. The van der Waals surface area contributed by atoms with Gasteiger partial charge in [-0.1, -0.05) is 60.3 Å². The van der Waals surface area contributed by atoms with Crippen LogP contribution in [0.4, 0.5) is 0 Å². The summed E-state index contributed by atoms with van der Waals surface area (Å²) in [7, 11) is 0. The van der Waals surface area contributed by atoms with Crippen molar-refractivity contribution in [2.45, 2.75) is 79.3 Å². The van der Waals surface area contributed by atoms with Crippen molar-refractivity contribution in [1.82, 2.24) is 9.91 Å². The van der Waals surface area contributed by atoms with Gasteiger partial charge in [0.1, 0.15) is 12.5 Å². The van der Waals surface area contributed by atoms with Crippen LogP contribution in [0, 0.1) is 5.41 Å². The molecule has 0 aliphatic carbocycles. The Kier molecular flexibility index (Phi) is 6.67. The molecule has 1 atom stereocenters. The van der Waals surface area contributed by atoms with E-state index in [1.54, 1.807) is 0 Å². The van der Waals surface area contributed by atoms with Crippen molar-refractivity contribution in [1.29, 1.82) is 0 Å². The predicted octanol–water partition coefficient (Wildman–Crippen LogP) is 4.30. The topological polar surface area (TPSA) is 18.8 Å². The maximum atomic E-state index is 4.65. The maximum absolute atomic E-state index is 4.65. The van der Waals surface area contributed by atoms with Gasteiger partial charge in [0.25, 0.3) is 0 Å². The summed E-state index contributed by atoms with van der Waals surface area (Å²) in [5.74, 6) is 0. The van der Waals surface area contributed by atoms with E-state index in [4.69, 9.17) is 0 Å². The number of nitrogens with zero attached hydrogens (tertiary/aromatic N) is 3. The van der Waals surface area contributed by atoms with Gasteiger partial charge in [-0.15, -0.1) is 0 Å². The summed E-state index contributed by atoms with van der Waals surface area (Å²) in [6.45, 7) is 13.7. The van der Waals surface area contributed by atoms with Crippen molar-refractivity contribution in [2.24, 2.45) is 10.5 Å². The predicted molar refractivity (Wildman–Crippen MR) is 84.2 cm³/mol. The fourth-order valence-electron chi connectivity index (χ4n) is 2.78. The van der Waals surface area contributed by atoms with Crippen LogP contribution in [-0.2, 0) is 0 Å². The van der Waals surface area contributed by atoms with E-state index in [-0.39, 0.29) is 5.41 Å². The van der Waals surface area contributed by atoms with E-state index < -0.39 is 0 Å². The standard InChI is InChI=1S/C16H33N3/c1-6-8-10-11-13-19-15(16(3,4)5)18(14-17-19)12-9-7-2/h14-15H,6-13H2,1-5H3. The van der Waals surface area contributed by atoms with Gasteiger partial charge in [0.15, 0.2) is 0 Å². The Balaban J connectivity index is 2.53. The van der Waals surface area contributed by atoms with Gasteiger partial charge in [-0.25, -0.2) is 0 Å². The summed E-state index contributed by atoms with van der Waals surface area (Å²) in [4.78, 5) is 2.43. The maximum Gasteiger partial charge on any atom is 0.124 e. The average molecular weight is 267 g/mol. The second-order valence-electron chi connectivity index (χ2n) is 6.79. The van der Waals surface area contributed by atoms with Crippen LogP contribution in [0.15, 0.2) is 5.10 Å². The fraction of sp³-hybridized carbons (Fsp3) is 0.938. The quantitative estimate of drug-likeness (QED) is 0.611. The molecule has 0 N–H and O–H groups in total. The third-order valence-electron chi connectivity index (χ3n) is 3.73. The van der Waals surface area contributed by atoms with Crippen LogP contribution in [0.25, 0.3) is 0 Å². The Morgan fingerprint density at radius 1 is 0.947 bits per heavy atom. The minimum atomic E-state index is 0.245. The molecule has 0 fully saturated rings. The van der Waals surface area contributed by atoms with Crippen LogP contribution < -0.4 is 0 Å². The molecule has 0 aromatic heterocycles. The summed E-state index contributed by atoms with van der Waals surface area (Å²) in [5, 5.41) is 6.96. The highest BCUT2D eigenvalue weighted by atomic mass is 15.6. The molecule has 1 aliphatic rings. The summed E-state index contributed by atoms with van der Waals surface area (Å²) < 4.78 is 0. The highest BCUT2D eigenvalue weighted by molar-refractivity contribution is 5.57. The first-order valence-corrected chi connectivity index (χ1v) is 8.07. The highest BCUT2D eigenvalue weighted by Gasteiger charge is 2.36. The molecule has 3 heteroatoms. The van der Waals surface area contributed by atoms with Crippen molar-refractivity contribution in [3.8, 4) is 0 Å². The van der Waals surface area contributed by atoms with Gasteiger partial charge >= 0.3 is 0 Å². The van der Waals surface area contributed by atoms with E-state index in [1.165, 1.54) is 38.5 Å². The first kappa shape index (κ1) is 16.3. The number of rotatable bonds is 8. The van der Waals surface area contributed by atoms with Crippen LogP contribution in [0.3, 0.4) is 0 Å². The lowest BCUT2D eigenvalue weighted by Gasteiger charge is -2.39. The number of hydrazone groups is 1. The first-order chi connectivity index (χ1) is 9.00. The largest absolute Gasteiger partial charge is 0.339 e. The first-order valence-electron chi connectivity index (χ1n) is 8.07. The molecule has 19 heavy (non-hydrogen) atoms. The SMILES string of the molecule is CCCCCCN1N=CN(CCCC)C1C(C)(C)C. The minimum Gasteiger partial charge on any atom is -0.339 e. The van der Waals surface area contributed by atoms with Crippen LogP contribution in [0.5, 0.6) is 0 Å². The van der Waals surface area contributed by atoms with Gasteiger partial charge in [0.2, 0.25) is 0 Å². The molecule has 0 aromatic rings. The molecule has 0 saturated carbocycles. The second-order valence-corrected chi connectivity index (χ2v) is 6.79. The molecule has 1 rings (SSSR count). The van der Waals surface area contributed by atoms with Crippen LogP contribution in [0.1, 0.15) is 73.1 Å². The summed E-state index contributed by atoms with van der Waals surface area (Å²) >= 11 is 0. The van der Waals surface area contributed by atoms with E-state index in [9.17, 15) is 0 Å². The monoisotopic (exact) mass is 267 g/mol. The van der Waals surface area contributed by atoms with Crippen LogP contribution in [-0.4, -0.2) is 35.5 Å². The fourth-order valence-corrected chi connectivity index (χ4v) is 2.78. The molecule has 1 unspecified atom stereocenters. The normalized spacial score (nSPS) is 19.5. The molecule has 0 spiro atoms. The molecule has 3 nitrogen and oxygen atoms in total. The lowest BCUT2D eigenvalue weighted by molar-refractivity contribution is 0.0349. The Morgan fingerprint density at radius 2 is 1.63 bits per heavy atom. The Morgan fingerprint density at radius 3 is 2.21 bits per heavy atom. The van der Waals surface area contributed by atoms with Gasteiger partial charge in [-0.2, -0.15) is 5.10 Å². The molecule has 0 bridgehead atoms. The Bertz CT molecular complexity index is 268. The lowest BCUT2D eigenvalue weighted by Crippen LogP contribution is -2.49. The minimum absolute atomic E-state index is 0.245. The van der Waals surface area contributed by atoms with Crippen molar-refractivity contribution in [3.05, 3.63) is 0 Å². The third-order valence-corrected chi connectivity index (χ3v) is 3.73. The number of hydrogen-bond acceptors (Lipinski definition) is 3. The molecular weight excluding hydrogens is 234 g/mol. The average Bonchev–Trinajstić information content (AvgIpc) is 2.75. The van der Waals surface area contributed by atoms with Crippen LogP contribution >= 0.6 is 0 Å². The van der Waals surface area contributed by atoms with Gasteiger partial charge in [-0.05, 0) is 12.8 Å². The zero-order valence-corrected chi connectivity index (χ0v) is 13.7. The highest BCUT2D eigenvalue weighted by Crippen LogP contribution is 2.30. The van der Waals surface area contributed by atoms with E-state index in [1.807, 2.05) is 0 Å². The van der Waals surface area contributed by atoms with Gasteiger partial charge < -0.3 is 4.90 Å². The summed E-state index contributed by atoms with van der Waals surface area (Å²) in [5.41, 5.74) is 0.245. The molecule has 0 amide bonds. The molecule has 0 radical (unpaired) electrons. The third kappa shape index (κ3) is 5.04. The van der Waals surface area contributed by atoms with Gasteiger partial charge in [0.05, 0.1) is 0 Å². The lowest BCUT2D eigenvalue weighted by atomic mass is 9.91. The number of hydrogen-bond donors (Lipinski definition) is 0. The molecule has 0 aromatic carbocycles. The van der Waals surface area contributed by atoms with E-state index in [0.717, 1.165) is 13.1 Å². The van der Waals surface area contributed by atoms with E-state index in [2.05, 4.69) is 56.0 Å². The Hall–Kier alpha value is -0.730. The number of unbranched alkanes of at least 4 members (excludes halogenated alkanes) is 4. The Labute approximate surface area is 120 Å². The smallest absolute Gasteiger partial charge is 0.124 e. The van der Waals surface area contributed by atoms with Gasteiger partial charge in [-0.3, -0.25) is 5.01 Å². The molecule has 0 saturated heterocycles. The zero-order valence-electron chi connectivity index (χ0n) is 13.7. The molecule has 1 aliphatic heterocycles. The van der Waals surface area contributed by atoms with Crippen molar-refractivity contribution < 1.29 is 0 Å². The molecule has 1 heterocycles. The van der Waals surface area contributed by atoms with Crippen molar-refractivity contribution >= 4 is 6.34 Å². The van der Waals surface area contributed by atoms with E-state index >= 15 is 0 Å². The summed E-state index contributed by atoms with van der Waals surface area (Å²) in [6, 6.07) is 0. The molecular formula is C16H33N3. The van der Waals surface area contributed by atoms with Gasteiger partial charge in [0, 0.05) is 18.5 Å². The van der Waals surface area contributed by atoms with Crippen molar-refractivity contribution in [3.63, 3.8) is 0 Å².